The summed E-state index contributed by atoms with van der Waals surface area (Å²) in [6.07, 6.45) is 5.06. The molecule has 7 heteroatoms. The standard InChI is InChI=1S/C14H10N4O2S/c1-17-11-4-2-3-8(9(11)5-15-17)12-7-18-13(21-12)10(6-16-18)14(19)20/h2-7H,1H3,(H,19,20). The van der Waals surface area contributed by atoms with Crippen LogP contribution in [0.5, 0.6) is 0 Å². The second-order valence-electron chi connectivity index (χ2n) is 4.72. The van der Waals surface area contributed by atoms with Crippen LogP contribution >= 0.6 is 11.3 Å². The zero-order valence-corrected chi connectivity index (χ0v) is 11.8. The molecule has 4 rings (SSSR count). The molecule has 1 aromatic carbocycles. The van der Waals surface area contributed by atoms with Crippen molar-refractivity contribution in [3.05, 3.63) is 42.4 Å². The summed E-state index contributed by atoms with van der Waals surface area (Å²) < 4.78 is 3.43. The molecule has 104 valence electrons. The van der Waals surface area contributed by atoms with Gasteiger partial charge < -0.3 is 5.11 Å². The van der Waals surface area contributed by atoms with Gasteiger partial charge in [-0.2, -0.15) is 10.2 Å². The zero-order chi connectivity index (χ0) is 14.6. The Hall–Kier alpha value is -2.67. The number of aryl methyl sites for hydroxylation is 1. The van der Waals surface area contributed by atoms with Crippen LogP contribution in [0.15, 0.2) is 36.8 Å². The summed E-state index contributed by atoms with van der Waals surface area (Å²) in [5.41, 5.74) is 2.30. The van der Waals surface area contributed by atoms with E-state index in [1.54, 1.807) is 4.52 Å². The van der Waals surface area contributed by atoms with Gasteiger partial charge in [-0.3, -0.25) is 4.68 Å². The number of nitrogens with zero attached hydrogens (tertiary/aromatic N) is 4. The maximum absolute atomic E-state index is 11.2. The Morgan fingerprint density at radius 3 is 2.95 bits per heavy atom. The van der Waals surface area contributed by atoms with Crippen LogP contribution in [0.1, 0.15) is 10.4 Å². The van der Waals surface area contributed by atoms with E-state index in [9.17, 15) is 4.79 Å². The van der Waals surface area contributed by atoms with Crippen molar-refractivity contribution in [3.63, 3.8) is 0 Å². The Morgan fingerprint density at radius 1 is 1.29 bits per heavy atom. The Bertz CT molecular complexity index is 995. The van der Waals surface area contributed by atoms with Gasteiger partial charge in [-0.05, 0) is 6.07 Å². The fraction of sp³-hybridized carbons (Fsp3) is 0.0714. The lowest BCUT2D eigenvalue weighted by Crippen LogP contribution is -1.92. The van der Waals surface area contributed by atoms with E-state index in [1.165, 1.54) is 17.5 Å². The third-order valence-corrected chi connectivity index (χ3v) is 4.63. The summed E-state index contributed by atoms with van der Waals surface area (Å²) in [7, 11) is 1.90. The topological polar surface area (TPSA) is 72.4 Å². The van der Waals surface area contributed by atoms with Crippen LogP contribution in [-0.4, -0.2) is 30.5 Å². The Balaban J connectivity index is 1.98. The lowest BCUT2D eigenvalue weighted by Gasteiger charge is -1.99. The van der Waals surface area contributed by atoms with Crippen LogP contribution in [0.2, 0.25) is 0 Å². The third kappa shape index (κ3) is 1.67. The van der Waals surface area contributed by atoms with Crippen LogP contribution in [0.4, 0.5) is 0 Å². The number of aromatic carboxylic acids is 1. The van der Waals surface area contributed by atoms with Crippen molar-refractivity contribution >= 4 is 33.0 Å². The smallest absolute Gasteiger partial charge is 0.340 e. The molecular formula is C14H10N4O2S. The van der Waals surface area contributed by atoms with Crippen molar-refractivity contribution in [3.8, 4) is 10.4 Å². The van der Waals surface area contributed by atoms with E-state index in [1.807, 2.05) is 42.3 Å². The largest absolute Gasteiger partial charge is 0.478 e. The molecule has 0 aliphatic heterocycles. The van der Waals surface area contributed by atoms with Gasteiger partial charge in [0, 0.05) is 24.2 Å². The first-order valence-electron chi connectivity index (χ1n) is 6.27. The normalized spacial score (nSPS) is 11.5. The van der Waals surface area contributed by atoms with Gasteiger partial charge >= 0.3 is 5.97 Å². The number of hydrogen-bond acceptors (Lipinski definition) is 4. The van der Waals surface area contributed by atoms with E-state index < -0.39 is 5.97 Å². The lowest BCUT2D eigenvalue weighted by molar-refractivity contribution is 0.0699. The maximum Gasteiger partial charge on any atom is 0.340 e. The molecule has 3 heterocycles. The second kappa shape index (κ2) is 4.16. The van der Waals surface area contributed by atoms with Gasteiger partial charge in [-0.1, -0.05) is 12.1 Å². The van der Waals surface area contributed by atoms with Gasteiger partial charge in [0.2, 0.25) is 0 Å². The summed E-state index contributed by atoms with van der Waals surface area (Å²) in [6, 6.07) is 5.99. The summed E-state index contributed by atoms with van der Waals surface area (Å²) in [6.45, 7) is 0. The van der Waals surface area contributed by atoms with Gasteiger partial charge in [-0.25, -0.2) is 9.31 Å². The predicted molar refractivity (Wildman–Crippen MR) is 79.7 cm³/mol. The van der Waals surface area contributed by atoms with Crippen molar-refractivity contribution in [1.82, 2.24) is 19.4 Å². The number of benzene rings is 1. The number of aromatic nitrogens is 4. The van der Waals surface area contributed by atoms with Gasteiger partial charge in [-0.15, -0.1) is 11.3 Å². The number of rotatable bonds is 2. The highest BCUT2D eigenvalue weighted by atomic mass is 32.1. The molecule has 0 amide bonds. The highest BCUT2D eigenvalue weighted by Gasteiger charge is 2.16. The molecule has 0 bridgehead atoms. The van der Waals surface area contributed by atoms with E-state index in [0.29, 0.717) is 4.83 Å². The highest BCUT2D eigenvalue weighted by Crippen LogP contribution is 2.34. The van der Waals surface area contributed by atoms with Gasteiger partial charge in [0.25, 0.3) is 0 Å². The Morgan fingerprint density at radius 2 is 2.14 bits per heavy atom. The van der Waals surface area contributed by atoms with Crippen molar-refractivity contribution in [1.29, 1.82) is 0 Å². The number of fused-ring (bicyclic) bond motifs is 2. The van der Waals surface area contributed by atoms with Crippen LogP contribution in [0.3, 0.4) is 0 Å². The van der Waals surface area contributed by atoms with Crippen LogP contribution in [0.25, 0.3) is 26.2 Å². The summed E-state index contributed by atoms with van der Waals surface area (Å²) >= 11 is 1.42. The number of thiazole rings is 1. The number of carboxylic acids is 1. The molecule has 0 unspecified atom stereocenters. The fourth-order valence-electron chi connectivity index (χ4n) is 2.45. The van der Waals surface area contributed by atoms with E-state index >= 15 is 0 Å². The molecule has 0 radical (unpaired) electrons. The SMILES string of the molecule is Cn1ncc2c(-c3cn4ncc(C(=O)O)c4s3)cccc21. The van der Waals surface area contributed by atoms with Crippen LogP contribution in [-0.2, 0) is 7.05 Å². The number of carboxylic acid groups (broad SMARTS) is 1. The van der Waals surface area contributed by atoms with Crippen molar-refractivity contribution in [2.75, 3.05) is 0 Å². The molecule has 6 nitrogen and oxygen atoms in total. The van der Waals surface area contributed by atoms with Crippen molar-refractivity contribution < 1.29 is 9.90 Å². The predicted octanol–water partition coefficient (Wildman–Crippen LogP) is 2.65. The minimum Gasteiger partial charge on any atom is -0.478 e. The third-order valence-electron chi connectivity index (χ3n) is 3.48. The molecule has 0 aliphatic rings. The molecular weight excluding hydrogens is 288 g/mol. The van der Waals surface area contributed by atoms with Crippen LogP contribution in [0, 0.1) is 0 Å². The first kappa shape index (κ1) is 12.1. The number of carbonyl (C=O) groups is 1. The first-order chi connectivity index (χ1) is 10.1. The molecule has 0 saturated heterocycles. The Labute approximate surface area is 122 Å². The molecule has 0 aliphatic carbocycles. The lowest BCUT2D eigenvalue weighted by atomic mass is 10.1. The minimum atomic E-state index is -0.960. The van der Waals surface area contributed by atoms with E-state index in [2.05, 4.69) is 10.2 Å². The van der Waals surface area contributed by atoms with E-state index in [0.717, 1.165) is 21.3 Å². The molecule has 0 fully saturated rings. The first-order valence-corrected chi connectivity index (χ1v) is 7.08. The van der Waals surface area contributed by atoms with Gasteiger partial charge in [0.15, 0.2) is 0 Å². The molecule has 4 aromatic rings. The monoisotopic (exact) mass is 298 g/mol. The summed E-state index contributed by atoms with van der Waals surface area (Å²) in [5, 5.41) is 18.6. The fourth-order valence-corrected chi connectivity index (χ4v) is 3.54. The quantitative estimate of drug-likeness (QED) is 0.617. The molecule has 0 saturated carbocycles. The number of hydrogen-bond donors (Lipinski definition) is 1. The van der Waals surface area contributed by atoms with Gasteiger partial charge in [0.05, 0.1) is 22.8 Å². The van der Waals surface area contributed by atoms with E-state index in [-0.39, 0.29) is 5.56 Å². The van der Waals surface area contributed by atoms with Crippen molar-refractivity contribution in [2.24, 2.45) is 7.05 Å². The minimum absolute atomic E-state index is 0.226. The van der Waals surface area contributed by atoms with Crippen LogP contribution < -0.4 is 0 Å². The average Bonchev–Trinajstić information content (AvgIpc) is 3.12. The molecule has 0 spiro atoms. The highest BCUT2D eigenvalue weighted by molar-refractivity contribution is 7.21. The van der Waals surface area contributed by atoms with Crippen molar-refractivity contribution in [2.45, 2.75) is 0 Å². The molecule has 0 atom stereocenters. The molecule has 1 N–H and O–H groups in total. The summed E-state index contributed by atoms with van der Waals surface area (Å²) in [5.74, 6) is -0.960. The summed E-state index contributed by atoms with van der Waals surface area (Å²) in [4.78, 5) is 12.8. The average molecular weight is 298 g/mol. The Kier molecular flexibility index (Phi) is 2.40. The maximum atomic E-state index is 11.2. The molecule has 21 heavy (non-hydrogen) atoms. The second-order valence-corrected chi connectivity index (χ2v) is 5.75. The zero-order valence-electron chi connectivity index (χ0n) is 11.0. The van der Waals surface area contributed by atoms with Gasteiger partial charge in [0.1, 0.15) is 10.4 Å². The van der Waals surface area contributed by atoms with E-state index in [4.69, 9.17) is 5.11 Å². The molecule has 3 aromatic heterocycles.